The third-order valence-corrected chi connectivity index (χ3v) is 13.2. The second kappa shape index (κ2) is 12.7. The molecule has 1 heteroatoms. The lowest BCUT2D eigenvalue weighted by Crippen LogP contribution is -1.92. The Morgan fingerprint density at radius 1 is 0.246 bits per heavy atom. The van der Waals surface area contributed by atoms with Gasteiger partial charge in [0.25, 0.3) is 0 Å². The standard InChI is InChI=1S/C56H34S/c1-2-15-38-34-53-51(32-37(38)14-1)56-49(26-13-27-52(56)57-53)55-47-24-11-9-22-45(47)54(46-23-10-12-25-48(46)55)36-30-28-35(29-31-36)40-17-5-6-20-43(40)50-33-39-16-3-4-18-41(39)42-19-7-8-21-44(42)50/h1-34H. The molecule has 0 atom stereocenters. The maximum Gasteiger partial charge on any atom is 0.0362 e. The summed E-state index contributed by atoms with van der Waals surface area (Å²) in [5.74, 6) is 0. The van der Waals surface area contributed by atoms with E-state index in [0.717, 1.165) is 0 Å². The van der Waals surface area contributed by atoms with Crippen molar-refractivity contribution in [2.24, 2.45) is 0 Å². The summed E-state index contributed by atoms with van der Waals surface area (Å²) < 4.78 is 2.65. The topological polar surface area (TPSA) is 0 Å². The molecule has 11 aromatic carbocycles. The van der Waals surface area contributed by atoms with Gasteiger partial charge in [-0.2, -0.15) is 0 Å². The quantitative estimate of drug-likeness (QED) is 0.125. The van der Waals surface area contributed by atoms with E-state index >= 15 is 0 Å². The van der Waals surface area contributed by atoms with Gasteiger partial charge in [0.2, 0.25) is 0 Å². The minimum Gasteiger partial charge on any atom is -0.135 e. The largest absolute Gasteiger partial charge is 0.135 e. The van der Waals surface area contributed by atoms with Crippen LogP contribution in [-0.4, -0.2) is 0 Å². The summed E-state index contributed by atoms with van der Waals surface area (Å²) in [4.78, 5) is 0. The first-order valence-corrected chi connectivity index (χ1v) is 20.5. The van der Waals surface area contributed by atoms with Crippen LogP contribution in [0.4, 0.5) is 0 Å². The Morgan fingerprint density at radius 3 is 1.46 bits per heavy atom. The fourth-order valence-electron chi connectivity index (χ4n) is 9.51. The monoisotopic (exact) mass is 738 g/mol. The van der Waals surface area contributed by atoms with Gasteiger partial charge in [0, 0.05) is 20.2 Å². The van der Waals surface area contributed by atoms with Gasteiger partial charge in [0.15, 0.2) is 0 Å². The lowest BCUT2D eigenvalue weighted by Gasteiger charge is -2.19. The van der Waals surface area contributed by atoms with Gasteiger partial charge in [-0.15, -0.1) is 11.3 Å². The SMILES string of the molecule is c1ccc(-c2cc3ccccc3c3ccccc23)c(-c2ccc(-c3c4ccccc4c(-c4cccc5sc6cc7ccccc7cc6c45)c4ccccc34)cc2)c1. The summed E-state index contributed by atoms with van der Waals surface area (Å²) >= 11 is 1.90. The Labute approximate surface area is 334 Å². The molecule has 0 aliphatic heterocycles. The summed E-state index contributed by atoms with van der Waals surface area (Å²) in [7, 11) is 0. The molecule has 0 spiro atoms. The van der Waals surface area contributed by atoms with Crippen LogP contribution in [-0.2, 0) is 0 Å². The molecule has 0 saturated heterocycles. The molecular weight excluding hydrogens is 705 g/mol. The molecule has 0 fully saturated rings. The van der Waals surface area contributed by atoms with Crippen molar-refractivity contribution in [3.63, 3.8) is 0 Å². The maximum atomic E-state index is 2.40. The predicted octanol–water partition coefficient (Wildman–Crippen LogP) is 16.5. The summed E-state index contributed by atoms with van der Waals surface area (Å²) in [6, 6.07) is 76.5. The van der Waals surface area contributed by atoms with Crippen molar-refractivity contribution in [1.82, 2.24) is 0 Å². The molecule has 0 amide bonds. The van der Waals surface area contributed by atoms with Crippen molar-refractivity contribution in [1.29, 1.82) is 0 Å². The molecule has 0 radical (unpaired) electrons. The first-order valence-electron chi connectivity index (χ1n) is 19.7. The highest BCUT2D eigenvalue weighted by Crippen LogP contribution is 2.49. The number of rotatable bonds is 4. The van der Waals surface area contributed by atoms with Crippen molar-refractivity contribution in [3.8, 4) is 44.5 Å². The van der Waals surface area contributed by atoms with Gasteiger partial charge in [0.1, 0.15) is 0 Å². The Kier molecular flexibility index (Phi) is 7.20. The fraction of sp³-hybridized carbons (Fsp3) is 0. The summed E-state index contributed by atoms with van der Waals surface area (Å²) in [6.45, 7) is 0. The zero-order chi connectivity index (χ0) is 37.5. The van der Waals surface area contributed by atoms with Crippen molar-refractivity contribution < 1.29 is 0 Å². The van der Waals surface area contributed by atoms with Gasteiger partial charge < -0.3 is 0 Å². The Hall–Kier alpha value is -7.06. The highest BCUT2D eigenvalue weighted by molar-refractivity contribution is 7.26. The molecule has 0 saturated carbocycles. The zero-order valence-corrected chi connectivity index (χ0v) is 31.9. The summed E-state index contributed by atoms with van der Waals surface area (Å²) in [5, 5.41) is 15.4. The van der Waals surface area contributed by atoms with Crippen LogP contribution in [0.25, 0.3) is 119 Å². The van der Waals surface area contributed by atoms with Gasteiger partial charge in [-0.3, -0.25) is 0 Å². The van der Waals surface area contributed by atoms with E-state index in [4.69, 9.17) is 0 Å². The average molecular weight is 739 g/mol. The van der Waals surface area contributed by atoms with E-state index in [1.54, 1.807) is 0 Å². The Balaban J connectivity index is 1.05. The van der Waals surface area contributed by atoms with Crippen molar-refractivity contribution in [2.75, 3.05) is 0 Å². The summed E-state index contributed by atoms with van der Waals surface area (Å²) in [5.41, 5.74) is 10.0. The van der Waals surface area contributed by atoms with E-state index in [9.17, 15) is 0 Å². The van der Waals surface area contributed by atoms with Crippen molar-refractivity contribution >= 4 is 85.4 Å². The summed E-state index contributed by atoms with van der Waals surface area (Å²) in [6.07, 6.45) is 0. The highest BCUT2D eigenvalue weighted by atomic mass is 32.1. The molecular formula is C56H34S. The molecule has 0 unspecified atom stereocenters. The van der Waals surface area contributed by atoms with Crippen LogP contribution in [0.15, 0.2) is 206 Å². The van der Waals surface area contributed by atoms with E-state index in [2.05, 4.69) is 206 Å². The van der Waals surface area contributed by atoms with Crippen LogP contribution in [0.3, 0.4) is 0 Å². The number of hydrogen-bond acceptors (Lipinski definition) is 1. The molecule has 0 N–H and O–H groups in total. The van der Waals surface area contributed by atoms with Gasteiger partial charge in [-0.25, -0.2) is 0 Å². The predicted molar refractivity (Wildman–Crippen MR) is 249 cm³/mol. The molecule has 264 valence electrons. The van der Waals surface area contributed by atoms with E-state index < -0.39 is 0 Å². The number of hydrogen-bond donors (Lipinski definition) is 0. The van der Waals surface area contributed by atoms with Crippen molar-refractivity contribution in [3.05, 3.63) is 206 Å². The van der Waals surface area contributed by atoms with E-state index in [1.807, 2.05) is 11.3 Å². The maximum absolute atomic E-state index is 2.40. The molecule has 12 rings (SSSR count). The van der Waals surface area contributed by atoms with E-state index in [0.29, 0.717) is 0 Å². The molecule has 1 heterocycles. The first kappa shape index (κ1) is 32.2. The first-order chi connectivity index (χ1) is 28.3. The van der Waals surface area contributed by atoms with Crippen LogP contribution in [0.1, 0.15) is 0 Å². The van der Waals surface area contributed by atoms with E-state index in [-0.39, 0.29) is 0 Å². The van der Waals surface area contributed by atoms with E-state index in [1.165, 1.54) is 119 Å². The second-order valence-corrected chi connectivity index (χ2v) is 16.2. The van der Waals surface area contributed by atoms with Crippen LogP contribution in [0.2, 0.25) is 0 Å². The number of benzene rings is 11. The third-order valence-electron chi connectivity index (χ3n) is 12.0. The molecule has 0 nitrogen and oxygen atoms in total. The molecule has 0 bridgehead atoms. The zero-order valence-electron chi connectivity index (χ0n) is 31.0. The van der Waals surface area contributed by atoms with Crippen LogP contribution >= 0.6 is 11.3 Å². The normalized spacial score (nSPS) is 11.9. The average Bonchev–Trinajstić information content (AvgIpc) is 3.65. The lowest BCUT2D eigenvalue weighted by atomic mass is 9.84. The lowest BCUT2D eigenvalue weighted by molar-refractivity contribution is 1.60. The van der Waals surface area contributed by atoms with Gasteiger partial charge in [-0.05, 0) is 123 Å². The van der Waals surface area contributed by atoms with Crippen LogP contribution in [0.5, 0.6) is 0 Å². The number of thiophene rings is 1. The number of fused-ring (bicyclic) bond motifs is 9. The van der Waals surface area contributed by atoms with Crippen LogP contribution < -0.4 is 0 Å². The Bertz CT molecular complexity index is 3510. The third kappa shape index (κ3) is 4.99. The second-order valence-electron chi connectivity index (χ2n) is 15.1. The molecule has 12 aromatic rings. The van der Waals surface area contributed by atoms with Gasteiger partial charge >= 0.3 is 0 Å². The van der Waals surface area contributed by atoms with Gasteiger partial charge in [0.05, 0.1) is 0 Å². The smallest absolute Gasteiger partial charge is 0.0362 e. The molecule has 0 aliphatic carbocycles. The van der Waals surface area contributed by atoms with Gasteiger partial charge in [-0.1, -0.05) is 182 Å². The molecule has 1 aromatic heterocycles. The Morgan fingerprint density at radius 2 is 0.754 bits per heavy atom. The minimum atomic E-state index is 1.21. The highest BCUT2D eigenvalue weighted by Gasteiger charge is 2.20. The van der Waals surface area contributed by atoms with Crippen molar-refractivity contribution in [2.45, 2.75) is 0 Å². The molecule has 0 aliphatic rings. The fourth-order valence-corrected chi connectivity index (χ4v) is 10.7. The minimum absolute atomic E-state index is 1.21. The van der Waals surface area contributed by atoms with Crippen LogP contribution in [0, 0.1) is 0 Å². The molecule has 57 heavy (non-hydrogen) atoms.